The smallest absolute Gasteiger partial charge is 0.262 e. The average Bonchev–Trinajstić information content (AvgIpc) is 3.72. The van der Waals surface area contributed by atoms with Gasteiger partial charge in [-0.2, -0.15) is 0 Å². The van der Waals surface area contributed by atoms with Crippen LogP contribution in [0.4, 0.5) is 15.8 Å². The molecule has 4 aromatic carbocycles. The Morgan fingerprint density at radius 3 is 2.37 bits per heavy atom. The van der Waals surface area contributed by atoms with Crippen molar-refractivity contribution in [3.63, 3.8) is 0 Å². The van der Waals surface area contributed by atoms with Crippen molar-refractivity contribution in [2.75, 3.05) is 36.7 Å². The maximum atomic E-state index is 14.4. The summed E-state index contributed by atoms with van der Waals surface area (Å²) in [4.78, 5) is 20.0. The van der Waals surface area contributed by atoms with Crippen LogP contribution in [0.1, 0.15) is 27.0 Å². The summed E-state index contributed by atoms with van der Waals surface area (Å²) in [5, 5.41) is 0.463. The first-order chi connectivity index (χ1) is 23.5. The van der Waals surface area contributed by atoms with Crippen LogP contribution in [0.3, 0.4) is 0 Å². The molecule has 1 amide bonds. The highest BCUT2D eigenvalue weighted by atomic mass is 32.2. The summed E-state index contributed by atoms with van der Waals surface area (Å²) in [5.41, 5.74) is 7.48. The number of nitrogens with zero attached hydrogens (tertiary/aromatic N) is 3. The van der Waals surface area contributed by atoms with E-state index in [2.05, 4.69) is 23.2 Å². The van der Waals surface area contributed by atoms with E-state index in [4.69, 9.17) is 9.15 Å². The first kappa shape index (κ1) is 31.8. The van der Waals surface area contributed by atoms with Crippen LogP contribution in [0.2, 0.25) is 0 Å². The number of ether oxygens (including phenoxy) is 1. The van der Waals surface area contributed by atoms with Gasteiger partial charge in [0.25, 0.3) is 5.91 Å². The lowest BCUT2D eigenvalue weighted by molar-refractivity contribution is 0.0994. The van der Waals surface area contributed by atoms with Gasteiger partial charge in [-0.1, -0.05) is 36.4 Å². The summed E-state index contributed by atoms with van der Waals surface area (Å²) in [6, 6.07) is 26.5. The molecule has 0 atom stereocenters. The fourth-order valence-corrected chi connectivity index (χ4v) is 6.74. The molecule has 0 saturated heterocycles. The minimum absolute atomic E-state index is 0.227. The van der Waals surface area contributed by atoms with E-state index in [-0.39, 0.29) is 17.2 Å². The van der Waals surface area contributed by atoms with Gasteiger partial charge in [0.15, 0.2) is 0 Å². The van der Waals surface area contributed by atoms with Crippen molar-refractivity contribution in [2.24, 2.45) is 0 Å². The molecule has 10 heteroatoms. The molecule has 1 aliphatic carbocycles. The van der Waals surface area contributed by atoms with Crippen molar-refractivity contribution < 1.29 is 26.8 Å². The number of benzene rings is 4. The Kier molecular flexibility index (Phi) is 8.04. The standard InChI is InChI=1S/C39H32FN3O5S/c1-42(30-10-7-17-41-23-30)39(44)37-33-21-31(27-13-16-35(47-3)32(20-27)28-18-25-8-5-6-9-26(25)19-28)34(43(2)49(4,45)46)22-36(33)48-38(37)24-11-14-29(40)15-12-24/h5-18,20-23H,19H2,1-4H3. The molecule has 0 fully saturated rings. The van der Waals surface area contributed by atoms with Crippen LogP contribution in [0.5, 0.6) is 5.75 Å². The number of furan rings is 1. The third kappa shape index (κ3) is 5.84. The number of rotatable bonds is 8. The predicted octanol–water partition coefficient (Wildman–Crippen LogP) is 8.08. The topological polar surface area (TPSA) is 92.9 Å². The number of aromatic nitrogens is 1. The second-order valence-corrected chi connectivity index (χ2v) is 14.0. The zero-order valence-corrected chi connectivity index (χ0v) is 28.1. The summed E-state index contributed by atoms with van der Waals surface area (Å²) < 4.78 is 53.3. The molecule has 1 aliphatic rings. The lowest BCUT2D eigenvalue weighted by Gasteiger charge is -2.22. The van der Waals surface area contributed by atoms with E-state index in [0.29, 0.717) is 51.2 Å². The highest BCUT2D eigenvalue weighted by Gasteiger charge is 2.29. The Labute approximate surface area is 283 Å². The quantitative estimate of drug-likeness (QED) is 0.162. The summed E-state index contributed by atoms with van der Waals surface area (Å²) >= 11 is 0. The second-order valence-electron chi connectivity index (χ2n) is 11.9. The summed E-state index contributed by atoms with van der Waals surface area (Å²) in [5.74, 6) is 0.0869. The van der Waals surface area contributed by atoms with Crippen LogP contribution in [0.15, 0.2) is 108 Å². The zero-order chi connectivity index (χ0) is 34.4. The molecule has 246 valence electrons. The van der Waals surface area contributed by atoms with Crippen LogP contribution >= 0.6 is 0 Å². The Morgan fingerprint density at radius 1 is 0.918 bits per heavy atom. The van der Waals surface area contributed by atoms with Crippen molar-refractivity contribution in [1.29, 1.82) is 0 Å². The number of carbonyl (C=O) groups is 1. The third-order valence-corrected chi connectivity index (χ3v) is 10.1. The summed E-state index contributed by atoms with van der Waals surface area (Å²) in [6.07, 6.45) is 7.18. The Hall–Kier alpha value is -5.74. The number of hydrogen-bond donors (Lipinski definition) is 0. The van der Waals surface area contributed by atoms with E-state index in [0.717, 1.165) is 23.0 Å². The number of amides is 1. The first-order valence-electron chi connectivity index (χ1n) is 15.5. The molecule has 0 aliphatic heterocycles. The monoisotopic (exact) mass is 673 g/mol. The molecule has 6 aromatic rings. The molecule has 0 bridgehead atoms. The number of halogens is 1. The van der Waals surface area contributed by atoms with E-state index < -0.39 is 15.8 Å². The lowest BCUT2D eigenvalue weighted by Crippen LogP contribution is -2.26. The van der Waals surface area contributed by atoms with Crippen LogP contribution in [-0.2, 0) is 16.4 Å². The number of hydrogen-bond acceptors (Lipinski definition) is 6. The number of sulfonamides is 1. The van der Waals surface area contributed by atoms with Crippen LogP contribution < -0.4 is 13.9 Å². The molecular formula is C39H32FN3O5S. The van der Waals surface area contributed by atoms with Gasteiger partial charge >= 0.3 is 0 Å². The number of allylic oxidation sites excluding steroid dienone is 1. The molecule has 8 nitrogen and oxygen atoms in total. The SMILES string of the molecule is COc1ccc(-c2cc3c(C(=O)N(C)c4cccnc4)c(-c4ccc(F)cc4)oc3cc2N(C)S(C)(=O)=O)cc1C1=Cc2ccccc2C1. The number of anilines is 2. The van der Waals surface area contributed by atoms with Crippen molar-refractivity contribution >= 4 is 49.9 Å². The number of methoxy groups -OCH3 is 1. The van der Waals surface area contributed by atoms with Gasteiger partial charge in [-0.25, -0.2) is 12.8 Å². The zero-order valence-electron chi connectivity index (χ0n) is 27.3. The van der Waals surface area contributed by atoms with Gasteiger partial charge < -0.3 is 14.1 Å². The molecule has 2 heterocycles. The molecule has 0 radical (unpaired) electrons. The average molecular weight is 674 g/mol. The van der Waals surface area contributed by atoms with Crippen molar-refractivity contribution in [2.45, 2.75) is 6.42 Å². The Morgan fingerprint density at radius 2 is 1.67 bits per heavy atom. The molecule has 2 aromatic heterocycles. The third-order valence-electron chi connectivity index (χ3n) is 8.92. The Balaban J connectivity index is 1.48. The maximum absolute atomic E-state index is 14.4. The van der Waals surface area contributed by atoms with Crippen molar-refractivity contribution in [3.05, 3.63) is 131 Å². The Bertz CT molecular complexity index is 2390. The van der Waals surface area contributed by atoms with E-state index >= 15 is 0 Å². The van der Waals surface area contributed by atoms with Gasteiger partial charge in [0.2, 0.25) is 10.0 Å². The van der Waals surface area contributed by atoms with E-state index in [9.17, 15) is 17.6 Å². The fraction of sp³-hybridized carbons (Fsp3) is 0.128. The number of pyridine rings is 1. The van der Waals surface area contributed by atoms with Crippen molar-refractivity contribution in [3.8, 4) is 28.2 Å². The van der Waals surface area contributed by atoms with Gasteiger partial charge in [0, 0.05) is 48.4 Å². The normalized spacial score (nSPS) is 12.5. The highest BCUT2D eigenvalue weighted by Crippen LogP contribution is 2.44. The van der Waals surface area contributed by atoms with Crippen LogP contribution in [0, 0.1) is 5.82 Å². The van der Waals surface area contributed by atoms with E-state index in [1.807, 2.05) is 30.3 Å². The van der Waals surface area contributed by atoms with Gasteiger partial charge in [0.1, 0.15) is 22.9 Å². The summed E-state index contributed by atoms with van der Waals surface area (Å²) in [7, 11) is 1.02. The maximum Gasteiger partial charge on any atom is 0.262 e. The predicted molar refractivity (Wildman–Crippen MR) is 192 cm³/mol. The van der Waals surface area contributed by atoms with Gasteiger partial charge in [-0.15, -0.1) is 0 Å². The number of carbonyl (C=O) groups excluding carboxylic acids is 1. The largest absolute Gasteiger partial charge is 0.496 e. The van der Waals surface area contributed by atoms with Crippen molar-refractivity contribution in [1.82, 2.24) is 4.98 Å². The minimum atomic E-state index is -3.72. The molecule has 0 unspecified atom stereocenters. The first-order valence-corrected chi connectivity index (χ1v) is 17.3. The number of fused-ring (bicyclic) bond motifs is 2. The molecule has 0 saturated carbocycles. The van der Waals surface area contributed by atoms with Gasteiger partial charge in [-0.3, -0.25) is 14.1 Å². The minimum Gasteiger partial charge on any atom is -0.496 e. The highest BCUT2D eigenvalue weighted by molar-refractivity contribution is 7.92. The van der Waals surface area contributed by atoms with Crippen LogP contribution in [-0.4, -0.2) is 46.8 Å². The fourth-order valence-electron chi connectivity index (χ4n) is 6.24. The molecule has 49 heavy (non-hydrogen) atoms. The summed E-state index contributed by atoms with van der Waals surface area (Å²) in [6.45, 7) is 0. The van der Waals surface area contributed by atoms with Crippen LogP contribution in [0.25, 0.3) is 45.1 Å². The van der Waals surface area contributed by atoms with E-state index in [1.54, 1.807) is 62.9 Å². The van der Waals surface area contributed by atoms with Gasteiger partial charge in [-0.05, 0) is 83.3 Å². The molecule has 7 rings (SSSR count). The second kappa shape index (κ2) is 12.4. The molecule has 0 spiro atoms. The molecule has 0 N–H and O–H groups in total. The van der Waals surface area contributed by atoms with E-state index in [1.165, 1.54) is 33.9 Å². The van der Waals surface area contributed by atoms with Gasteiger partial charge in [0.05, 0.1) is 36.5 Å². The lowest BCUT2D eigenvalue weighted by atomic mass is 9.94. The molecular weight excluding hydrogens is 642 g/mol.